The average molecular weight is 351 g/mol. The lowest BCUT2D eigenvalue weighted by Gasteiger charge is -2.04. The SMILES string of the molecule is Brc1ccc2c(c1)c(Br)cn2-c1ccccc1. The number of para-hydroxylation sites is 1. The quantitative estimate of drug-likeness (QED) is 0.571. The molecule has 1 aromatic heterocycles. The van der Waals surface area contributed by atoms with Crippen LogP contribution >= 0.6 is 31.9 Å². The molecular weight excluding hydrogens is 342 g/mol. The summed E-state index contributed by atoms with van der Waals surface area (Å²) in [6.45, 7) is 0. The molecule has 3 rings (SSSR count). The van der Waals surface area contributed by atoms with E-state index in [1.807, 2.05) is 18.2 Å². The van der Waals surface area contributed by atoms with E-state index in [1.165, 1.54) is 16.6 Å². The van der Waals surface area contributed by atoms with Crippen molar-refractivity contribution < 1.29 is 0 Å². The summed E-state index contributed by atoms with van der Waals surface area (Å²) in [4.78, 5) is 0. The van der Waals surface area contributed by atoms with Gasteiger partial charge >= 0.3 is 0 Å². The molecule has 17 heavy (non-hydrogen) atoms. The summed E-state index contributed by atoms with van der Waals surface area (Å²) in [6, 6.07) is 16.6. The minimum Gasteiger partial charge on any atom is -0.315 e. The van der Waals surface area contributed by atoms with Crippen molar-refractivity contribution in [3.63, 3.8) is 0 Å². The maximum absolute atomic E-state index is 3.61. The van der Waals surface area contributed by atoms with Gasteiger partial charge in [-0.05, 0) is 46.3 Å². The second-order valence-corrected chi connectivity index (χ2v) is 5.61. The zero-order chi connectivity index (χ0) is 11.8. The minimum absolute atomic E-state index is 1.09. The second-order valence-electron chi connectivity index (χ2n) is 3.84. The third-order valence-electron chi connectivity index (χ3n) is 2.75. The van der Waals surface area contributed by atoms with Crippen LogP contribution in [0.1, 0.15) is 0 Å². The van der Waals surface area contributed by atoms with Gasteiger partial charge < -0.3 is 4.57 Å². The molecule has 0 bridgehead atoms. The van der Waals surface area contributed by atoms with Gasteiger partial charge in [0.1, 0.15) is 0 Å². The maximum Gasteiger partial charge on any atom is 0.0541 e. The lowest BCUT2D eigenvalue weighted by molar-refractivity contribution is 1.12. The molecule has 0 fully saturated rings. The van der Waals surface area contributed by atoms with Crippen molar-refractivity contribution in [1.29, 1.82) is 0 Å². The monoisotopic (exact) mass is 349 g/mol. The first-order chi connectivity index (χ1) is 8.25. The van der Waals surface area contributed by atoms with Crippen molar-refractivity contribution in [3.05, 3.63) is 63.7 Å². The topological polar surface area (TPSA) is 4.93 Å². The second kappa shape index (κ2) is 4.31. The Balaban J connectivity index is 2.32. The van der Waals surface area contributed by atoms with E-state index in [2.05, 4.69) is 73.0 Å². The molecule has 3 heteroatoms. The Morgan fingerprint density at radius 2 is 1.65 bits per heavy atom. The average Bonchev–Trinajstić information content (AvgIpc) is 2.68. The Bertz CT molecular complexity index is 671. The molecule has 1 heterocycles. The molecule has 3 aromatic rings. The minimum atomic E-state index is 1.09. The number of fused-ring (bicyclic) bond motifs is 1. The molecular formula is C14H9Br2N. The van der Waals surface area contributed by atoms with Crippen LogP contribution < -0.4 is 0 Å². The lowest BCUT2D eigenvalue weighted by Crippen LogP contribution is -1.90. The van der Waals surface area contributed by atoms with Gasteiger partial charge in [0.05, 0.1) is 5.52 Å². The van der Waals surface area contributed by atoms with Crippen molar-refractivity contribution in [1.82, 2.24) is 4.57 Å². The molecule has 0 aliphatic rings. The number of halogens is 2. The number of aromatic nitrogens is 1. The Hall–Kier alpha value is -1.06. The molecule has 0 atom stereocenters. The van der Waals surface area contributed by atoms with Crippen molar-refractivity contribution in [2.75, 3.05) is 0 Å². The summed E-state index contributed by atoms with van der Waals surface area (Å²) in [5.41, 5.74) is 2.37. The van der Waals surface area contributed by atoms with Crippen LogP contribution in [-0.4, -0.2) is 4.57 Å². The molecule has 0 spiro atoms. The fraction of sp³-hybridized carbons (Fsp3) is 0. The van der Waals surface area contributed by atoms with E-state index >= 15 is 0 Å². The molecule has 0 radical (unpaired) electrons. The normalized spacial score (nSPS) is 10.9. The van der Waals surface area contributed by atoms with Gasteiger partial charge in [0.2, 0.25) is 0 Å². The van der Waals surface area contributed by atoms with Crippen molar-refractivity contribution in [2.24, 2.45) is 0 Å². The van der Waals surface area contributed by atoms with Crippen LogP contribution in [0.4, 0.5) is 0 Å². The summed E-state index contributed by atoms with van der Waals surface area (Å²) in [5.74, 6) is 0. The molecule has 1 nitrogen and oxygen atoms in total. The zero-order valence-electron chi connectivity index (χ0n) is 8.90. The van der Waals surface area contributed by atoms with Gasteiger partial charge in [0.25, 0.3) is 0 Å². The third kappa shape index (κ3) is 1.94. The van der Waals surface area contributed by atoms with Crippen molar-refractivity contribution in [3.8, 4) is 5.69 Å². The first-order valence-electron chi connectivity index (χ1n) is 5.27. The maximum atomic E-state index is 3.61. The first kappa shape index (κ1) is 11.1. The Labute approximate surface area is 116 Å². The number of hydrogen-bond acceptors (Lipinski definition) is 0. The van der Waals surface area contributed by atoms with E-state index in [-0.39, 0.29) is 0 Å². The smallest absolute Gasteiger partial charge is 0.0541 e. The molecule has 0 saturated heterocycles. The van der Waals surface area contributed by atoms with Crippen LogP contribution in [0.5, 0.6) is 0 Å². The van der Waals surface area contributed by atoms with Crippen LogP contribution in [0, 0.1) is 0 Å². The van der Waals surface area contributed by atoms with Crippen molar-refractivity contribution >= 4 is 42.8 Å². The van der Waals surface area contributed by atoms with E-state index in [4.69, 9.17) is 0 Å². The van der Waals surface area contributed by atoms with Gasteiger partial charge in [-0.1, -0.05) is 34.1 Å². The van der Waals surface area contributed by atoms with Gasteiger partial charge in [0, 0.05) is 26.2 Å². The highest BCUT2D eigenvalue weighted by Gasteiger charge is 2.07. The molecule has 0 aliphatic heterocycles. The van der Waals surface area contributed by atoms with Crippen LogP contribution in [0.15, 0.2) is 63.7 Å². The largest absolute Gasteiger partial charge is 0.315 e. The molecule has 0 unspecified atom stereocenters. The standard InChI is InChI=1S/C14H9Br2N/c15-10-6-7-14-12(8-10)13(16)9-17(14)11-4-2-1-3-5-11/h1-9H. The first-order valence-corrected chi connectivity index (χ1v) is 6.86. The highest BCUT2D eigenvalue weighted by Crippen LogP contribution is 2.30. The fourth-order valence-corrected chi connectivity index (χ4v) is 2.85. The molecule has 0 saturated carbocycles. The van der Waals surface area contributed by atoms with E-state index in [0.717, 1.165) is 8.95 Å². The van der Waals surface area contributed by atoms with Crippen LogP contribution in [-0.2, 0) is 0 Å². The predicted octanol–water partition coefficient (Wildman–Crippen LogP) is 5.16. The van der Waals surface area contributed by atoms with Crippen molar-refractivity contribution in [2.45, 2.75) is 0 Å². The van der Waals surface area contributed by atoms with Gasteiger partial charge in [-0.2, -0.15) is 0 Å². The number of nitrogens with zero attached hydrogens (tertiary/aromatic N) is 1. The molecule has 2 aromatic carbocycles. The highest BCUT2D eigenvalue weighted by molar-refractivity contribution is 9.11. The molecule has 84 valence electrons. The molecule has 0 N–H and O–H groups in total. The summed E-state index contributed by atoms with van der Waals surface area (Å²) in [7, 11) is 0. The van der Waals surface area contributed by atoms with Gasteiger partial charge in [-0.25, -0.2) is 0 Å². The van der Waals surface area contributed by atoms with E-state index < -0.39 is 0 Å². The van der Waals surface area contributed by atoms with Crippen LogP contribution in [0.25, 0.3) is 16.6 Å². The van der Waals surface area contributed by atoms with Crippen LogP contribution in [0.2, 0.25) is 0 Å². The Morgan fingerprint density at radius 1 is 0.882 bits per heavy atom. The summed E-state index contributed by atoms with van der Waals surface area (Å²) < 4.78 is 4.39. The van der Waals surface area contributed by atoms with E-state index in [1.54, 1.807) is 0 Å². The number of hydrogen-bond donors (Lipinski definition) is 0. The van der Waals surface area contributed by atoms with E-state index in [0.29, 0.717) is 0 Å². The third-order valence-corrected chi connectivity index (χ3v) is 3.88. The van der Waals surface area contributed by atoms with Gasteiger partial charge in [0.15, 0.2) is 0 Å². The van der Waals surface area contributed by atoms with Gasteiger partial charge in [-0.15, -0.1) is 0 Å². The van der Waals surface area contributed by atoms with Gasteiger partial charge in [-0.3, -0.25) is 0 Å². The lowest BCUT2D eigenvalue weighted by atomic mass is 10.2. The Kier molecular flexibility index (Phi) is 2.81. The number of rotatable bonds is 1. The summed E-state index contributed by atoms with van der Waals surface area (Å²) in [5, 5.41) is 1.21. The predicted molar refractivity (Wildman–Crippen MR) is 78.7 cm³/mol. The van der Waals surface area contributed by atoms with E-state index in [9.17, 15) is 0 Å². The Morgan fingerprint density at radius 3 is 2.41 bits per heavy atom. The molecule has 0 amide bonds. The number of benzene rings is 2. The summed E-state index contributed by atoms with van der Waals surface area (Å²) >= 11 is 7.11. The zero-order valence-corrected chi connectivity index (χ0v) is 12.1. The fourth-order valence-electron chi connectivity index (χ4n) is 1.96. The van der Waals surface area contributed by atoms with Crippen LogP contribution in [0.3, 0.4) is 0 Å². The summed E-state index contributed by atoms with van der Waals surface area (Å²) in [6.07, 6.45) is 2.10. The highest BCUT2D eigenvalue weighted by atomic mass is 79.9. The molecule has 0 aliphatic carbocycles.